The fraction of sp³-hybridized carbons (Fsp3) is 0.500. The summed E-state index contributed by atoms with van der Waals surface area (Å²) in [6, 6.07) is 1.97. The van der Waals surface area contributed by atoms with E-state index in [1.54, 1.807) is 6.20 Å². The molecule has 7 heteroatoms. The van der Waals surface area contributed by atoms with Crippen molar-refractivity contribution >= 4 is 28.3 Å². The average Bonchev–Trinajstić information content (AvgIpc) is 2.91. The molecule has 0 unspecified atom stereocenters. The van der Waals surface area contributed by atoms with E-state index in [9.17, 15) is 4.79 Å². The summed E-state index contributed by atoms with van der Waals surface area (Å²) in [7, 11) is 0. The monoisotopic (exact) mass is 331 g/mol. The van der Waals surface area contributed by atoms with Crippen LogP contribution >= 0.6 is 11.3 Å². The normalized spacial score (nSPS) is 15.7. The van der Waals surface area contributed by atoms with Gasteiger partial charge in [0, 0.05) is 41.5 Å². The Morgan fingerprint density at radius 1 is 1.22 bits per heavy atom. The van der Waals surface area contributed by atoms with Gasteiger partial charge in [-0.3, -0.25) is 4.79 Å². The lowest BCUT2D eigenvalue weighted by Crippen LogP contribution is -2.39. The minimum atomic E-state index is 0.0290. The van der Waals surface area contributed by atoms with E-state index in [0.29, 0.717) is 5.13 Å². The number of aromatic nitrogens is 3. The zero-order valence-corrected chi connectivity index (χ0v) is 14.5. The van der Waals surface area contributed by atoms with Gasteiger partial charge < -0.3 is 10.2 Å². The van der Waals surface area contributed by atoms with Gasteiger partial charge in [0.05, 0.1) is 0 Å². The van der Waals surface area contributed by atoms with Gasteiger partial charge in [-0.2, -0.15) is 0 Å². The van der Waals surface area contributed by atoms with E-state index in [1.165, 1.54) is 11.3 Å². The maximum atomic E-state index is 12.3. The molecule has 1 saturated heterocycles. The Kier molecular flexibility index (Phi) is 4.56. The first-order valence-corrected chi connectivity index (χ1v) is 8.63. The third-order valence-corrected chi connectivity index (χ3v) is 4.80. The number of thiazole rings is 1. The summed E-state index contributed by atoms with van der Waals surface area (Å²) in [5.41, 5.74) is 1.96. The molecule has 2 aromatic heterocycles. The van der Waals surface area contributed by atoms with Crippen LogP contribution in [0.4, 0.5) is 11.1 Å². The van der Waals surface area contributed by atoms with Crippen LogP contribution in [0.2, 0.25) is 0 Å². The largest absolute Gasteiger partial charge is 0.341 e. The Bertz CT molecular complexity index is 686. The van der Waals surface area contributed by atoms with Gasteiger partial charge in [-0.25, -0.2) is 15.0 Å². The molecule has 0 aromatic carbocycles. The second-order valence-electron chi connectivity index (χ2n) is 5.98. The van der Waals surface area contributed by atoms with E-state index in [-0.39, 0.29) is 11.8 Å². The van der Waals surface area contributed by atoms with Crippen molar-refractivity contribution < 1.29 is 4.79 Å². The molecule has 122 valence electrons. The number of carbonyl (C=O) groups excluding carboxylic acids is 1. The van der Waals surface area contributed by atoms with E-state index in [2.05, 4.69) is 25.2 Å². The number of anilines is 2. The second-order valence-corrected chi connectivity index (χ2v) is 7.21. The third kappa shape index (κ3) is 3.85. The molecule has 1 amide bonds. The zero-order valence-electron chi connectivity index (χ0n) is 13.7. The van der Waals surface area contributed by atoms with Crippen LogP contribution in [0.25, 0.3) is 0 Å². The number of carbonyl (C=O) groups is 1. The number of rotatable bonds is 3. The van der Waals surface area contributed by atoms with Crippen molar-refractivity contribution in [3.63, 3.8) is 0 Å². The number of amides is 1. The highest BCUT2D eigenvalue weighted by Crippen LogP contribution is 2.24. The highest BCUT2D eigenvalue weighted by atomic mass is 32.1. The Hall–Kier alpha value is -2.02. The Balaban J connectivity index is 1.58. The van der Waals surface area contributed by atoms with Crippen molar-refractivity contribution in [2.45, 2.75) is 33.6 Å². The van der Waals surface area contributed by atoms with Gasteiger partial charge >= 0.3 is 0 Å². The van der Waals surface area contributed by atoms with Gasteiger partial charge in [-0.15, -0.1) is 11.3 Å². The van der Waals surface area contributed by atoms with Crippen LogP contribution in [0.1, 0.15) is 29.1 Å². The van der Waals surface area contributed by atoms with Crippen LogP contribution in [-0.4, -0.2) is 33.9 Å². The van der Waals surface area contributed by atoms with E-state index in [0.717, 1.165) is 48.1 Å². The summed E-state index contributed by atoms with van der Waals surface area (Å²) in [6.07, 6.45) is 3.40. The average molecular weight is 331 g/mol. The Labute approximate surface area is 140 Å². The van der Waals surface area contributed by atoms with Crippen LogP contribution in [0.5, 0.6) is 0 Å². The topological polar surface area (TPSA) is 71.0 Å². The van der Waals surface area contributed by atoms with Crippen LogP contribution in [0.3, 0.4) is 0 Å². The molecule has 23 heavy (non-hydrogen) atoms. The molecular weight excluding hydrogens is 310 g/mol. The van der Waals surface area contributed by atoms with Crippen LogP contribution in [0.15, 0.2) is 12.3 Å². The lowest BCUT2D eigenvalue weighted by atomic mass is 9.96. The molecule has 1 N–H and O–H groups in total. The summed E-state index contributed by atoms with van der Waals surface area (Å²) >= 11 is 1.51. The first-order valence-electron chi connectivity index (χ1n) is 7.82. The van der Waals surface area contributed by atoms with Crippen molar-refractivity contribution in [2.75, 3.05) is 23.3 Å². The molecule has 2 aromatic rings. The maximum Gasteiger partial charge on any atom is 0.229 e. The summed E-state index contributed by atoms with van der Waals surface area (Å²) < 4.78 is 0. The number of piperidine rings is 1. The molecule has 6 nitrogen and oxygen atoms in total. The fourth-order valence-corrected chi connectivity index (χ4v) is 3.48. The quantitative estimate of drug-likeness (QED) is 0.936. The minimum absolute atomic E-state index is 0.0290. The molecule has 0 radical (unpaired) electrons. The summed E-state index contributed by atoms with van der Waals surface area (Å²) in [5, 5.41) is 3.61. The number of hydrogen-bond acceptors (Lipinski definition) is 6. The van der Waals surface area contributed by atoms with Gasteiger partial charge in [0.2, 0.25) is 11.9 Å². The van der Waals surface area contributed by atoms with Gasteiger partial charge in [0.15, 0.2) is 5.13 Å². The second kappa shape index (κ2) is 6.62. The van der Waals surface area contributed by atoms with Crippen LogP contribution < -0.4 is 10.2 Å². The maximum absolute atomic E-state index is 12.3. The SMILES string of the molecule is Cc1cc(C)nc(N2CCC(C(=O)Nc3ncc(C)s3)CC2)n1. The molecule has 0 aliphatic carbocycles. The summed E-state index contributed by atoms with van der Waals surface area (Å²) in [5.74, 6) is 0.874. The van der Waals surface area contributed by atoms with Gasteiger partial charge in [0.25, 0.3) is 0 Å². The Morgan fingerprint density at radius 3 is 2.43 bits per heavy atom. The van der Waals surface area contributed by atoms with Crippen molar-refractivity contribution in [3.8, 4) is 0 Å². The molecule has 3 heterocycles. The predicted octanol–water partition coefficient (Wildman–Crippen LogP) is 2.71. The number of aryl methyl sites for hydroxylation is 3. The minimum Gasteiger partial charge on any atom is -0.341 e. The van der Waals surface area contributed by atoms with Gasteiger partial charge in [-0.1, -0.05) is 0 Å². The van der Waals surface area contributed by atoms with E-state index >= 15 is 0 Å². The van der Waals surface area contributed by atoms with Crippen LogP contribution in [0, 0.1) is 26.7 Å². The fourth-order valence-electron chi connectivity index (χ4n) is 2.81. The molecule has 0 spiro atoms. The Morgan fingerprint density at radius 2 is 1.87 bits per heavy atom. The van der Waals surface area contributed by atoms with Gasteiger partial charge in [-0.05, 0) is 39.7 Å². The van der Waals surface area contributed by atoms with Gasteiger partial charge in [0.1, 0.15) is 0 Å². The molecule has 1 aliphatic heterocycles. The van der Waals surface area contributed by atoms with Crippen molar-refractivity contribution in [1.82, 2.24) is 15.0 Å². The molecule has 1 fully saturated rings. The lowest BCUT2D eigenvalue weighted by molar-refractivity contribution is -0.120. The zero-order chi connectivity index (χ0) is 16.4. The molecule has 0 bridgehead atoms. The van der Waals surface area contributed by atoms with Crippen LogP contribution in [-0.2, 0) is 4.79 Å². The standard InChI is InChI=1S/C16H21N5OS/c1-10-8-11(2)19-15(18-10)21-6-4-13(5-7-21)14(22)20-16-17-9-12(3)23-16/h8-9,13H,4-7H2,1-3H3,(H,17,20,22). The number of hydrogen-bond donors (Lipinski definition) is 1. The molecular formula is C16H21N5OS. The lowest BCUT2D eigenvalue weighted by Gasteiger charge is -2.31. The molecule has 3 rings (SSSR count). The highest BCUT2D eigenvalue weighted by molar-refractivity contribution is 7.15. The van der Waals surface area contributed by atoms with Crippen molar-refractivity contribution in [1.29, 1.82) is 0 Å². The van der Waals surface area contributed by atoms with E-state index in [4.69, 9.17) is 0 Å². The first kappa shape index (κ1) is 15.9. The number of nitrogens with one attached hydrogen (secondary N) is 1. The highest BCUT2D eigenvalue weighted by Gasteiger charge is 2.26. The summed E-state index contributed by atoms with van der Waals surface area (Å²) in [6.45, 7) is 7.55. The summed E-state index contributed by atoms with van der Waals surface area (Å²) in [4.78, 5) is 28.8. The van der Waals surface area contributed by atoms with Crippen molar-refractivity contribution in [3.05, 3.63) is 28.5 Å². The van der Waals surface area contributed by atoms with E-state index < -0.39 is 0 Å². The van der Waals surface area contributed by atoms with Crippen molar-refractivity contribution in [2.24, 2.45) is 5.92 Å². The molecule has 1 aliphatic rings. The first-order chi connectivity index (χ1) is 11.0. The van der Waals surface area contributed by atoms with E-state index in [1.807, 2.05) is 26.8 Å². The third-order valence-electron chi connectivity index (χ3n) is 3.97. The smallest absolute Gasteiger partial charge is 0.229 e. The number of nitrogens with zero attached hydrogens (tertiary/aromatic N) is 4. The molecule has 0 saturated carbocycles. The molecule has 0 atom stereocenters. The predicted molar refractivity (Wildman–Crippen MR) is 91.9 cm³/mol.